The number of carbonyl (C=O) groups is 1. The number of aliphatic hydroxyl groups is 2. The molecule has 2 aromatic rings. The zero-order valence-electron chi connectivity index (χ0n) is 16.7. The van der Waals surface area contributed by atoms with Crippen molar-refractivity contribution >= 4 is 34.7 Å². The molecule has 1 heterocycles. The van der Waals surface area contributed by atoms with Gasteiger partial charge in [0.25, 0.3) is 0 Å². The summed E-state index contributed by atoms with van der Waals surface area (Å²) < 4.78 is 0. The number of benzene rings is 2. The molecule has 1 aliphatic rings. The third kappa shape index (κ3) is 4.36. The van der Waals surface area contributed by atoms with E-state index in [0.717, 1.165) is 16.7 Å². The fraction of sp³-hybridized carbons (Fsp3) is 0.348. The van der Waals surface area contributed by atoms with E-state index in [4.69, 9.17) is 23.2 Å². The first-order valence-electron chi connectivity index (χ1n) is 9.44. The molecular formula is C23H25Cl2NO3. The molecule has 1 aliphatic heterocycles. The fourth-order valence-electron chi connectivity index (χ4n) is 3.57. The first-order chi connectivity index (χ1) is 13.5. The number of amides is 1. The lowest BCUT2D eigenvalue weighted by atomic mass is 9.92. The lowest BCUT2D eigenvalue weighted by Gasteiger charge is -2.34. The Morgan fingerprint density at radius 3 is 2.31 bits per heavy atom. The summed E-state index contributed by atoms with van der Waals surface area (Å²) >= 11 is 12.4. The number of nitrogens with zero attached hydrogens (tertiary/aromatic N) is 1. The van der Waals surface area contributed by atoms with Crippen molar-refractivity contribution in [2.45, 2.75) is 45.6 Å². The Balaban J connectivity index is 1.89. The van der Waals surface area contributed by atoms with Gasteiger partial charge >= 0.3 is 0 Å². The average Bonchev–Trinajstić information content (AvgIpc) is 2.96. The van der Waals surface area contributed by atoms with Gasteiger partial charge in [0.1, 0.15) is 6.10 Å². The number of hydrogen-bond acceptors (Lipinski definition) is 3. The molecule has 0 aromatic heterocycles. The van der Waals surface area contributed by atoms with Gasteiger partial charge in [-0.05, 0) is 34.9 Å². The SMILES string of the molecule is C=C(c1ccc(-c2cc(Cl)ccc2Cl)cc1)C1C[C@@H](O)C(O)N1C(=O)C(C)(C)C. The minimum absolute atomic E-state index is 0.227. The summed E-state index contributed by atoms with van der Waals surface area (Å²) in [6, 6.07) is 12.4. The van der Waals surface area contributed by atoms with Gasteiger partial charge in [0.2, 0.25) is 5.91 Å². The zero-order valence-corrected chi connectivity index (χ0v) is 18.2. The Morgan fingerprint density at radius 1 is 1.10 bits per heavy atom. The van der Waals surface area contributed by atoms with Gasteiger partial charge in [-0.2, -0.15) is 0 Å². The van der Waals surface area contributed by atoms with E-state index in [1.54, 1.807) is 39.0 Å². The average molecular weight is 434 g/mol. The van der Waals surface area contributed by atoms with E-state index >= 15 is 0 Å². The van der Waals surface area contributed by atoms with Crippen LogP contribution < -0.4 is 0 Å². The molecule has 1 amide bonds. The number of rotatable bonds is 3. The monoisotopic (exact) mass is 433 g/mol. The molecule has 0 spiro atoms. The fourth-order valence-corrected chi connectivity index (χ4v) is 3.97. The second kappa shape index (κ2) is 8.11. The van der Waals surface area contributed by atoms with E-state index in [9.17, 15) is 15.0 Å². The molecule has 0 bridgehead atoms. The Labute approximate surface area is 181 Å². The molecule has 0 saturated carbocycles. The van der Waals surface area contributed by atoms with Crippen molar-refractivity contribution in [1.29, 1.82) is 0 Å². The Morgan fingerprint density at radius 2 is 1.72 bits per heavy atom. The third-order valence-corrected chi connectivity index (χ3v) is 5.77. The van der Waals surface area contributed by atoms with Crippen LogP contribution in [0.4, 0.5) is 0 Å². The van der Waals surface area contributed by atoms with Crippen LogP contribution in [-0.4, -0.2) is 39.4 Å². The number of carbonyl (C=O) groups excluding carboxylic acids is 1. The van der Waals surface area contributed by atoms with E-state index in [1.807, 2.05) is 24.3 Å². The highest BCUT2D eigenvalue weighted by molar-refractivity contribution is 6.35. The van der Waals surface area contributed by atoms with Crippen LogP contribution in [-0.2, 0) is 4.79 Å². The van der Waals surface area contributed by atoms with Gasteiger partial charge in [-0.3, -0.25) is 4.79 Å². The summed E-state index contributed by atoms with van der Waals surface area (Å²) in [5.41, 5.74) is 2.54. The van der Waals surface area contributed by atoms with Gasteiger partial charge in [-0.15, -0.1) is 0 Å². The largest absolute Gasteiger partial charge is 0.388 e. The minimum Gasteiger partial charge on any atom is -0.388 e. The van der Waals surface area contributed by atoms with Crippen LogP contribution in [0.25, 0.3) is 16.7 Å². The summed E-state index contributed by atoms with van der Waals surface area (Å²) in [7, 11) is 0. The lowest BCUT2D eigenvalue weighted by molar-refractivity contribution is -0.151. The molecule has 154 valence electrons. The van der Waals surface area contributed by atoms with Crippen LogP contribution in [0.2, 0.25) is 10.0 Å². The summed E-state index contributed by atoms with van der Waals surface area (Å²) in [6.07, 6.45) is -2.01. The molecule has 29 heavy (non-hydrogen) atoms. The molecule has 2 unspecified atom stereocenters. The normalized spacial score (nSPS) is 22.0. The molecule has 4 nitrogen and oxygen atoms in total. The van der Waals surface area contributed by atoms with E-state index in [2.05, 4.69) is 6.58 Å². The maximum atomic E-state index is 12.9. The molecule has 0 aliphatic carbocycles. The highest BCUT2D eigenvalue weighted by Gasteiger charge is 2.46. The van der Waals surface area contributed by atoms with Crippen LogP contribution >= 0.6 is 23.2 Å². The van der Waals surface area contributed by atoms with Crippen LogP contribution in [0.15, 0.2) is 49.0 Å². The van der Waals surface area contributed by atoms with E-state index in [0.29, 0.717) is 15.6 Å². The lowest BCUT2D eigenvalue weighted by Crippen LogP contribution is -2.48. The number of likely N-dealkylation sites (tertiary alicyclic amines) is 1. The summed E-state index contributed by atoms with van der Waals surface area (Å²) in [5.74, 6) is -0.227. The first-order valence-corrected chi connectivity index (χ1v) is 10.2. The van der Waals surface area contributed by atoms with Crippen molar-refractivity contribution in [1.82, 2.24) is 4.90 Å². The van der Waals surface area contributed by atoms with Gasteiger partial charge in [-0.1, -0.05) is 74.8 Å². The van der Waals surface area contributed by atoms with Crippen molar-refractivity contribution < 1.29 is 15.0 Å². The second-order valence-corrected chi connectivity index (χ2v) is 9.27. The molecule has 3 rings (SSSR count). The predicted molar refractivity (Wildman–Crippen MR) is 118 cm³/mol. The third-order valence-electron chi connectivity index (χ3n) is 5.20. The van der Waals surface area contributed by atoms with Crippen molar-refractivity contribution in [3.8, 4) is 11.1 Å². The number of aliphatic hydroxyl groups excluding tert-OH is 2. The van der Waals surface area contributed by atoms with Crippen LogP contribution in [0, 0.1) is 5.41 Å². The maximum absolute atomic E-state index is 12.9. The van der Waals surface area contributed by atoms with Crippen molar-refractivity contribution in [3.63, 3.8) is 0 Å². The predicted octanol–water partition coefficient (Wildman–Crippen LogP) is 5.00. The van der Waals surface area contributed by atoms with E-state index in [-0.39, 0.29) is 12.3 Å². The van der Waals surface area contributed by atoms with Crippen molar-refractivity contribution in [3.05, 3.63) is 64.7 Å². The molecule has 3 atom stereocenters. The van der Waals surface area contributed by atoms with Crippen molar-refractivity contribution in [2.75, 3.05) is 0 Å². The number of halogens is 2. The van der Waals surface area contributed by atoms with E-state index in [1.165, 1.54) is 4.90 Å². The maximum Gasteiger partial charge on any atom is 0.230 e. The van der Waals surface area contributed by atoms with Gasteiger partial charge < -0.3 is 15.1 Å². The topological polar surface area (TPSA) is 60.8 Å². The standard InChI is InChI=1S/C23H25Cl2NO3/c1-13(19-12-20(27)21(28)26(19)22(29)23(2,3)4)14-5-7-15(8-6-14)17-11-16(24)9-10-18(17)25/h5-11,19-21,27-28H,1,12H2,2-4H3/t19?,20-,21?/m1/s1. The molecular weight excluding hydrogens is 409 g/mol. The molecule has 1 fully saturated rings. The molecule has 6 heteroatoms. The van der Waals surface area contributed by atoms with Crippen LogP contribution in [0.1, 0.15) is 32.8 Å². The smallest absolute Gasteiger partial charge is 0.230 e. The van der Waals surface area contributed by atoms with Gasteiger partial charge in [0, 0.05) is 27.4 Å². The van der Waals surface area contributed by atoms with Crippen LogP contribution in [0.5, 0.6) is 0 Å². The minimum atomic E-state index is -1.24. The Bertz CT molecular complexity index is 934. The highest BCUT2D eigenvalue weighted by atomic mass is 35.5. The van der Waals surface area contributed by atoms with E-state index < -0.39 is 23.8 Å². The van der Waals surface area contributed by atoms with Crippen molar-refractivity contribution in [2.24, 2.45) is 5.41 Å². The summed E-state index contributed by atoms with van der Waals surface area (Å²) in [5, 5.41) is 21.8. The molecule has 0 radical (unpaired) electrons. The summed E-state index contributed by atoms with van der Waals surface area (Å²) in [6.45, 7) is 9.52. The summed E-state index contributed by atoms with van der Waals surface area (Å²) in [4.78, 5) is 14.2. The quantitative estimate of drug-likeness (QED) is 0.715. The number of hydrogen-bond donors (Lipinski definition) is 2. The molecule has 2 N–H and O–H groups in total. The highest BCUT2D eigenvalue weighted by Crippen LogP contribution is 2.37. The zero-order chi connectivity index (χ0) is 21.5. The van der Waals surface area contributed by atoms with Gasteiger partial charge in [-0.25, -0.2) is 0 Å². The Kier molecular flexibility index (Phi) is 6.11. The molecule has 2 aromatic carbocycles. The molecule has 1 saturated heterocycles. The van der Waals surface area contributed by atoms with Crippen LogP contribution in [0.3, 0.4) is 0 Å². The van der Waals surface area contributed by atoms with Gasteiger partial charge in [0.15, 0.2) is 6.23 Å². The Hall–Kier alpha value is -1.85. The second-order valence-electron chi connectivity index (χ2n) is 8.42. The first kappa shape index (κ1) is 21.8. The van der Waals surface area contributed by atoms with Gasteiger partial charge in [0.05, 0.1) is 6.04 Å².